The Hall–Kier alpha value is -0.940. The number of carbonyl (C=O) groups excluding carboxylic acids is 2. The zero-order valence-electron chi connectivity index (χ0n) is 12.0. The van der Waals surface area contributed by atoms with E-state index in [1.807, 2.05) is 13.8 Å². The van der Waals surface area contributed by atoms with Gasteiger partial charge in [-0.3, -0.25) is 9.59 Å². The third-order valence-corrected chi connectivity index (χ3v) is 3.05. The van der Waals surface area contributed by atoms with Gasteiger partial charge in [0.15, 0.2) is 5.78 Å². The van der Waals surface area contributed by atoms with Crippen LogP contribution in [0.2, 0.25) is 0 Å². The number of rotatable bonds is 7. The van der Waals surface area contributed by atoms with Crippen molar-refractivity contribution in [3.63, 3.8) is 0 Å². The predicted molar refractivity (Wildman–Crippen MR) is 69.9 cm³/mol. The number of esters is 1. The van der Waals surface area contributed by atoms with Crippen LogP contribution in [0.4, 0.5) is 0 Å². The minimum absolute atomic E-state index is 0.0557. The van der Waals surface area contributed by atoms with Gasteiger partial charge in [-0.15, -0.1) is 0 Å². The molecule has 1 heterocycles. The molecule has 0 radical (unpaired) electrons. The Bertz CT molecular complexity index is 292. The van der Waals surface area contributed by atoms with Gasteiger partial charge in [0.25, 0.3) is 0 Å². The van der Waals surface area contributed by atoms with Crippen molar-refractivity contribution in [2.45, 2.75) is 64.8 Å². The molecule has 0 aromatic rings. The highest BCUT2D eigenvalue weighted by molar-refractivity contribution is 5.83. The van der Waals surface area contributed by atoms with Crippen LogP contribution in [0, 0.1) is 0 Å². The molecular formula is C14H24O5. The zero-order chi connectivity index (χ0) is 14.3. The minimum Gasteiger partial charge on any atom is -0.466 e. The van der Waals surface area contributed by atoms with Crippen LogP contribution >= 0.6 is 0 Å². The molecule has 5 nitrogen and oxygen atoms in total. The van der Waals surface area contributed by atoms with Crippen molar-refractivity contribution in [2.24, 2.45) is 0 Å². The van der Waals surface area contributed by atoms with E-state index in [-0.39, 0.29) is 49.5 Å². The Morgan fingerprint density at radius 2 is 1.79 bits per heavy atom. The van der Waals surface area contributed by atoms with Gasteiger partial charge in [-0.25, -0.2) is 0 Å². The first-order chi connectivity index (χ1) is 9.01. The molecule has 1 saturated heterocycles. The van der Waals surface area contributed by atoms with Crippen LogP contribution in [-0.2, 0) is 23.8 Å². The Balaban J connectivity index is 2.17. The van der Waals surface area contributed by atoms with Crippen molar-refractivity contribution < 1.29 is 23.8 Å². The van der Waals surface area contributed by atoms with Crippen LogP contribution in [0.1, 0.15) is 46.5 Å². The van der Waals surface area contributed by atoms with Crippen molar-refractivity contribution in [3.05, 3.63) is 0 Å². The van der Waals surface area contributed by atoms with Gasteiger partial charge in [0, 0.05) is 6.42 Å². The lowest BCUT2D eigenvalue weighted by Gasteiger charge is -2.31. The number of hydrogen-bond donors (Lipinski definition) is 0. The molecule has 1 rings (SSSR count). The fourth-order valence-electron chi connectivity index (χ4n) is 2.24. The standard InChI is InChI=1S/C14H24O5/c1-4-17-14(16)6-5-12(15)9-18-13-7-10(2)19-11(3)8-13/h10-11,13H,4-9H2,1-3H3. The fourth-order valence-corrected chi connectivity index (χ4v) is 2.24. The largest absolute Gasteiger partial charge is 0.466 e. The van der Waals surface area contributed by atoms with Crippen molar-refractivity contribution in [1.82, 2.24) is 0 Å². The molecule has 0 saturated carbocycles. The van der Waals surface area contributed by atoms with Gasteiger partial charge < -0.3 is 14.2 Å². The van der Waals surface area contributed by atoms with Crippen molar-refractivity contribution >= 4 is 11.8 Å². The average molecular weight is 272 g/mol. The van der Waals surface area contributed by atoms with Crippen LogP contribution in [0.25, 0.3) is 0 Å². The molecule has 2 unspecified atom stereocenters. The molecule has 0 spiro atoms. The van der Waals surface area contributed by atoms with Crippen LogP contribution in [0.15, 0.2) is 0 Å². The van der Waals surface area contributed by atoms with Crippen LogP contribution in [-0.4, -0.2) is 43.3 Å². The summed E-state index contributed by atoms with van der Waals surface area (Å²) in [7, 11) is 0. The van der Waals surface area contributed by atoms with Crippen molar-refractivity contribution in [2.75, 3.05) is 13.2 Å². The number of carbonyl (C=O) groups is 2. The Morgan fingerprint density at radius 1 is 1.16 bits per heavy atom. The molecule has 110 valence electrons. The molecule has 0 aromatic heterocycles. The number of ether oxygens (including phenoxy) is 3. The van der Waals surface area contributed by atoms with Gasteiger partial charge in [0.05, 0.1) is 31.3 Å². The summed E-state index contributed by atoms with van der Waals surface area (Å²) in [6, 6.07) is 0. The van der Waals surface area contributed by atoms with Crippen LogP contribution in [0.3, 0.4) is 0 Å². The molecule has 5 heteroatoms. The van der Waals surface area contributed by atoms with E-state index in [2.05, 4.69) is 0 Å². The summed E-state index contributed by atoms with van der Waals surface area (Å²) >= 11 is 0. The van der Waals surface area contributed by atoms with E-state index >= 15 is 0 Å². The van der Waals surface area contributed by atoms with Crippen LogP contribution in [0.5, 0.6) is 0 Å². The number of hydrogen-bond acceptors (Lipinski definition) is 5. The second-order valence-corrected chi connectivity index (χ2v) is 5.01. The molecule has 0 amide bonds. The monoisotopic (exact) mass is 272 g/mol. The first-order valence-electron chi connectivity index (χ1n) is 6.95. The lowest BCUT2D eigenvalue weighted by molar-refractivity contribution is -0.145. The molecule has 1 aliphatic heterocycles. The highest BCUT2D eigenvalue weighted by Gasteiger charge is 2.25. The maximum Gasteiger partial charge on any atom is 0.306 e. The maximum absolute atomic E-state index is 11.6. The van der Waals surface area contributed by atoms with E-state index in [4.69, 9.17) is 14.2 Å². The third kappa shape index (κ3) is 6.68. The zero-order valence-corrected chi connectivity index (χ0v) is 12.0. The van der Waals surface area contributed by atoms with Gasteiger partial charge >= 0.3 is 5.97 Å². The lowest BCUT2D eigenvalue weighted by Crippen LogP contribution is -2.35. The highest BCUT2D eigenvalue weighted by Crippen LogP contribution is 2.21. The summed E-state index contributed by atoms with van der Waals surface area (Å²) in [4.78, 5) is 22.7. The van der Waals surface area contributed by atoms with E-state index in [0.29, 0.717) is 6.61 Å². The second kappa shape index (κ2) is 8.27. The molecule has 0 aliphatic carbocycles. The normalized spacial score (nSPS) is 27.0. The van der Waals surface area contributed by atoms with E-state index in [1.165, 1.54) is 0 Å². The molecule has 1 aliphatic rings. The maximum atomic E-state index is 11.6. The first kappa shape index (κ1) is 16.1. The van der Waals surface area contributed by atoms with Gasteiger partial charge in [0.2, 0.25) is 0 Å². The second-order valence-electron chi connectivity index (χ2n) is 5.01. The number of ketones is 1. The lowest BCUT2D eigenvalue weighted by atomic mass is 10.0. The third-order valence-electron chi connectivity index (χ3n) is 3.05. The van der Waals surface area contributed by atoms with Gasteiger partial charge in [-0.1, -0.05) is 0 Å². The fraction of sp³-hybridized carbons (Fsp3) is 0.857. The molecule has 19 heavy (non-hydrogen) atoms. The quantitative estimate of drug-likeness (QED) is 0.662. The summed E-state index contributed by atoms with van der Waals surface area (Å²) in [6.07, 6.45) is 2.37. The van der Waals surface area contributed by atoms with Gasteiger partial charge in [0.1, 0.15) is 6.61 Å². The van der Waals surface area contributed by atoms with E-state index in [9.17, 15) is 9.59 Å². The highest BCUT2D eigenvalue weighted by atomic mass is 16.5. The van der Waals surface area contributed by atoms with E-state index in [0.717, 1.165) is 12.8 Å². The molecule has 0 N–H and O–H groups in total. The van der Waals surface area contributed by atoms with Crippen LogP contribution < -0.4 is 0 Å². The summed E-state index contributed by atoms with van der Waals surface area (Å²) in [5.74, 6) is -0.385. The summed E-state index contributed by atoms with van der Waals surface area (Å²) in [5.41, 5.74) is 0. The Morgan fingerprint density at radius 3 is 2.37 bits per heavy atom. The van der Waals surface area contributed by atoms with Crippen molar-refractivity contribution in [3.8, 4) is 0 Å². The molecule has 0 aromatic carbocycles. The molecule has 2 atom stereocenters. The van der Waals surface area contributed by atoms with E-state index < -0.39 is 0 Å². The van der Waals surface area contributed by atoms with Gasteiger partial charge in [-0.2, -0.15) is 0 Å². The summed E-state index contributed by atoms with van der Waals surface area (Å²) in [5, 5.41) is 0. The minimum atomic E-state index is -0.329. The molecule has 0 bridgehead atoms. The number of Topliss-reactive ketones (excluding diaryl/α,β-unsaturated/α-hetero) is 1. The summed E-state index contributed by atoms with van der Waals surface area (Å²) < 4.78 is 16.0. The average Bonchev–Trinajstić information content (AvgIpc) is 2.33. The van der Waals surface area contributed by atoms with Gasteiger partial charge in [-0.05, 0) is 33.6 Å². The summed E-state index contributed by atoms with van der Waals surface area (Å²) in [6.45, 7) is 6.18. The predicted octanol–water partition coefficient (Wildman–Crippen LogP) is 1.87. The molecular weight excluding hydrogens is 248 g/mol. The van der Waals surface area contributed by atoms with Crippen molar-refractivity contribution in [1.29, 1.82) is 0 Å². The molecule has 1 fully saturated rings. The Kier molecular flexibility index (Phi) is 7.02. The first-order valence-corrected chi connectivity index (χ1v) is 6.95. The smallest absolute Gasteiger partial charge is 0.306 e. The Labute approximate surface area is 114 Å². The van der Waals surface area contributed by atoms with E-state index in [1.54, 1.807) is 6.92 Å². The topological polar surface area (TPSA) is 61.8 Å². The SMILES string of the molecule is CCOC(=O)CCC(=O)COC1CC(C)OC(C)C1.